The Hall–Kier alpha value is -2.83. The molecule has 0 aliphatic rings. The molecule has 0 unspecified atom stereocenters. The van der Waals surface area contributed by atoms with E-state index in [4.69, 9.17) is 0 Å². The van der Waals surface area contributed by atoms with Gasteiger partial charge in [0, 0.05) is 24.4 Å². The molecule has 2 aromatic rings. The molecule has 0 bridgehead atoms. The van der Waals surface area contributed by atoms with E-state index < -0.39 is 16.6 Å². The standard InChI is InChI=1S/C14H12FN3O3/c1-9-10(3-2-4-13(9)18(20)21)7-17-14(19)11-5-6-16-8-12(11)15/h2-6,8H,7H2,1H3,(H,17,19). The summed E-state index contributed by atoms with van der Waals surface area (Å²) >= 11 is 0. The first-order chi connectivity index (χ1) is 10.0. The van der Waals surface area contributed by atoms with E-state index in [1.165, 1.54) is 18.3 Å². The molecule has 1 amide bonds. The smallest absolute Gasteiger partial charge is 0.272 e. The first-order valence-electron chi connectivity index (χ1n) is 6.11. The Morgan fingerprint density at radius 1 is 1.43 bits per heavy atom. The molecule has 7 heteroatoms. The van der Waals surface area contributed by atoms with Gasteiger partial charge < -0.3 is 5.32 Å². The van der Waals surface area contributed by atoms with Crippen LogP contribution in [0.5, 0.6) is 0 Å². The zero-order chi connectivity index (χ0) is 15.4. The van der Waals surface area contributed by atoms with Crippen molar-refractivity contribution < 1.29 is 14.1 Å². The summed E-state index contributed by atoms with van der Waals surface area (Å²) < 4.78 is 13.4. The maximum Gasteiger partial charge on any atom is 0.272 e. The van der Waals surface area contributed by atoms with Crippen molar-refractivity contribution in [3.8, 4) is 0 Å². The quantitative estimate of drug-likeness (QED) is 0.691. The zero-order valence-electron chi connectivity index (χ0n) is 11.2. The fourth-order valence-corrected chi connectivity index (χ4v) is 1.89. The first kappa shape index (κ1) is 14.6. The van der Waals surface area contributed by atoms with Crippen molar-refractivity contribution in [3.63, 3.8) is 0 Å². The molecule has 2 rings (SSSR count). The molecule has 21 heavy (non-hydrogen) atoms. The van der Waals surface area contributed by atoms with Gasteiger partial charge >= 0.3 is 0 Å². The number of pyridine rings is 1. The molecule has 1 N–H and O–H groups in total. The summed E-state index contributed by atoms with van der Waals surface area (Å²) in [5.74, 6) is -1.31. The van der Waals surface area contributed by atoms with Gasteiger partial charge in [-0.15, -0.1) is 0 Å². The largest absolute Gasteiger partial charge is 0.348 e. The van der Waals surface area contributed by atoms with E-state index in [1.807, 2.05) is 0 Å². The highest BCUT2D eigenvalue weighted by atomic mass is 19.1. The molecule has 108 valence electrons. The number of nitro benzene ring substituents is 1. The van der Waals surface area contributed by atoms with E-state index in [9.17, 15) is 19.3 Å². The maximum absolute atomic E-state index is 13.4. The lowest BCUT2D eigenvalue weighted by Gasteiger charge is -2.08. The van der Waals surface area contributed by atoms with Crippen LogP contribution in [0, 0.1) is 22.9 Å². The lowest BCUT2D eigenvalue weighted by molar-refractivity contribution is -0.385. The number of carbonyl (C=O) groups is 1. The average molecular weight is 289 g/mol. The molecule has 1 aromatic heterocycles. The second-order valence-electron chi connectivity index (χ2n) is 4.36. The van der Waals surface area contributed by atoms with Crippen molar-refractivity contribution in [1.29, 1.82) is 0 Å². The Kier molecular flexibility index (Phi) is 4.22. The van der Waals surface area contributed by atoms with Gasteiger partial charge in [-0.25, -0.2) is 4.39 Å². The predicted octanol–water partition coefficient (Wildman–Crippen LogP) is 2.37. The van der Waals surface area contributed by atoms with Crippen molar-refractivity contribution >= 4 is 11.6 Å². The Labute approximate surface area is 119 Å². The molecule has 0 radical (unpaired) electrons. The number of carbonyl (C=O) groups excluding carboxylic acids is 1. The lowest BCUT2D eigenvalue weighted by atomic mass is 10.1. The summed E-state index contributed by atoms with van der Waals surface area (Å²) in [4.78, 5) is 25.8. The van der Waals surface area contributed by atoms with Gasteiger partial charge in [-0.3, -0.25) is 19.9 Å². The molecule has 0 saturated carbocycles. The minimum atomic E-state index is -0.717. The molecule has 6 nitrogen and oxygen atoms in total. The molecule has 0 fully saturated rings. The third kappa shape index (κ3) is 3.19. The van der Waals surface area contributed by atoms with E-state index in [0.717, 1.165) is 6.20 Å². The second kappa shape index (κ2) is 6.08. The molecule has 0 aliphatic carbocycles. The highest BCUT2D eigenvalue weighted by Gasteiger charge is 2.15. The Balaban J connectivity index is 2.14. The SMILES string of the molecule is Cc1c(CNC(=O)c2ccncc2F)cccc1[N+](=O)[O-]. The fraction of sp³-hybridized carbons (Fsp3) is 0.143. The second-order valence-corrected chi connectivity index (χ2v) is 4.36. The third-order valence-corrected chi connectivity index (χ3v) is 3.07. The number of hydrogen-bond acceptors (Lipinski definition) is 4. The number of aromatic nitrogens is 1. The molecular formula is C14H12FN3O3. The minimum absolute atomic E-state index is 0.0168. The summed E-state index contributed by atoms with van der Waals surface area (Å²) in [5.41, 5.74) is 0.940. The van der Waals surface area contributed by atoms with Gasteiger partial charge in [-0.05, 0) is 18.6 Å². The van der Waals surface area contributed by atoms with E-state index in [-0.39, 0.29) is 17.8 Å². The average Bonchev–Trinajstić information content (AvgIpc) is 2.46. The van der Waals surface area contributed by atoms with Crippen molar-refractivity contribution in [2.24, 2.45) is 0 Å². The summed E-state index contributed by atoms with van der Waals surface area (Å²) in [5, 5.41) is 13.4. The monoisotopic (exact) mass is 289 g/mol. The van der Waals surface area contributed by atoms with Gasteiger partial charge in [0.05, 0.1) is 16.7 Å². The van der Waals surface area contributed by atoms with E-state index in [2.05, 4.69) is 10.3 Å². The van der Waals surface area contributed by atoms with Crippen LogP contribution in [0.3, 0.4) is 0 Å². The van der Waals surface area contributed by atoms with Crippen LogP contribution in [0.25, 0.3) is 0 Å². The van der Waals surface area contributed by atoms with Crippen molar-refractivity contribution in [2.75, 3.05) is 0 Å². The topological polar surface area (TPSA) is 85.1 Å². The van der Waals surface area contributed by atoms with E-state index >= 15 is 0 Å². The molecule has 1 heterocycles. The number of benzene rings is 1. The summed E-state index contributed by atoms with van der Waals surface area (Å²) in [7, 11) is 0. The Bertz CT molecular complexity index is 704. The van der Waals surface area contributed by atoms with Crippen LogP contribution in [0.1, 0.15) is 21.5 Å². The molecule has 0 aliphatic heterocycles. The number of nitrogens with one attached hydrogen (secondary N) is 1. The van der Waals surface area contributed by atoms with Gasteiger partial charge in [0.1, 0.15) is 0 Å². The highest BCUT2D eigenvalue weighted by Crippen LogP contribution is 2.21. The Morgan fingerprint density at radius 3 is 2.86 bits per heavy atom. The third-order valence-electron chi connectivity index (χ3n) is 3.07. The van der Waals surface area contributed by atoms with Crippen molar-refractivity contribution in [1.82, 2.24) is 10.3 Å². The van der Waals surface area contributed by atoms with Gasteiger partial charge in [-0.1, -0.05) is 12.1 Å². The predicted molar refractivity (Wildman–Crippen MR) is 73.2 cm³/mol. The van der Waals surface area contributed by atoms with Gasteiger partial charge in [0.2, 0.25) is 0 Å². The van der Waals surface area contributed by atoms with Gasteiger partial charge in [-0.2, -0.15) is 0 Å². The summed E-state index contributed by atoms with van der Waals surface area (Å²) in [6, 6.07) is 5.87. The van der Waals surface area contributed by atoms with Crippen molar-refractivity contribution in [2.45, 2.75) is 13.5 Å². The van der Waals surface area contributed by atoms with Crippen LogP contribution >= 0.6 is 0 Å². The summed E-state index contributed by atoms with van der Waals surface area (Å²) in [6.07, 6.45) is 2.27. The van der Waals surface area contributed by atoms with Crippen LogP contribution in [0.2, 0.25) is 0 Å². The number of nitrogens with zero attached hydrogens (tertiary/aromatic N) is 2. The number of hydrogen-bond donors (Lipinski definition) is 1. The number of nitro groups is 1. The molecule has 0 atom stereocenters. The van der Waals surface area contributed by atoms with E-state index in [1.54, 1.807) is 19.1 Å². The van der Waals surface area contributed by atoms with Crippen LogP contribution in [0.4, 0.5) is 10.1 Å². The molecule has 0 spiro atoms. The number of amides is 1. The Morgan fingerprint density at radius 2 is 2.19 bits per heavy atom. The van der Waals surface area contributed by atoms with Crippen LogP contribution < -0.4 is 5.32 Å². The highest BCUT2D eigenvalue weighted by molar-refractivity contribution is 5.94. The normalized spacial score (nSPS) is 10.2. The first-order valence-corrected chi connectivity index (χ1v) is 6.11. The van der Waals surface area contributed by atoms with Crippen LogP contribution in [-0.4, -0.2) is 15.8 Å². The fourth-order valence-electron chi connectivity index (χ4n) is 1.89. The molecule has 1 aromatic carbocycles. The molecular weight excluding hydrogens is 277 g/mol. The van der Waals surface area contributed by atoms with Gasteiger partial charge in [0.25, 0.3) is 11.6 Å². The maximum atomic E-state index is 13.4. The lowest BCUT2D eigenvalue weighted by Crippen LogP contribution is -2.24. The van der Waals surface area contributed by atoms with Crippen molar-refractivity contribution in [3.05, 3.63) is 69.3 Å². The van der Waals surface area contributed by atoms with Crippen LogP contribution in [0.15, 0.2) is 36.7 Å². The molecule has 0 saturated heterocycles. The van der Waals surface area contributed by atoms with E-state index in [0.29, 0.717) is 11.1 Å². The van der Waals surface area contributed by atoms with Crippen LogP contribution in [-0.2, 0) is 6.54 Å². The minimum Gasteiger partial charge on any atom is -0.348 e. The number of halogens is 1. The number of rotatable bonds is 4. The summed E-state index contributed by atoms with van der Waals surface area (Å²) in [6.45, 7) is 1.68. The zero-order valence-corrected chi connectivity index (χ0v) is 11.2. The van der Waals surface area contributed by atoms with Gasteiger partial charge in [0.15, 0.2) is 5.82 Å².